The van der Waals surface area contributed by atoms with E-state index in [1.54, 1.807) is 0 Å². The van der Waals surface area contributed by atoms with E-state index in [1.165, 1.54) is 0 Å². The van der Waals surface area contributed by atoms with Crippen LogP contribution in [0, 0.1) is 17.7 Å². The van der Waals surface area contributed by atoms with Crippen molar-refractivity contribution in [3.05, 3.63) is 24.0 Å². The van der Waals surface area contributed by atoms with Crippen molar-refractivity contribution in [2.45, 2.75) is 18.0 Å². The average molecular weight is 398 g/mol. The summed E-state index contributed by atoms with van der Waals surface area (Å²) in [6, 6.07) is 2.33. The fourth-order valence-corrected chi connectivity index (χ4v) is 4.16. The zero-order valence-electron chi connectivity index (χ0n) is 13.2. The van der Waals surface area contributed by atoms with Crippen molar-refractivity contribution in [3.8, 4) is 0 Å². The molecular weight excluding hydrogens is 384 g/mol. The molecule has 12 heteroatoms. The molecule has 1 saturated heterocycles. The van der Waals surface area contributed by atoms with Crippen LogP contribution in [-0.2, 0) is 19.6 Å². The van der Waals surface area contributed by atoms with E-state index in [-0.39, 0.29) is 0 Å². The highest BCUT2D eigenvalue weighted by atomic mass is 32.2. The maximum atomic E-state index is 13.6. The number of hydrogen-bond acceptors (Lipinski definition) is 4. The van der Waals surface area contributed by atoms with Gasteiger partial charge in [-0.3, -0.25) is 9.59 Å². The summed E-state index contributed by atoms with van der Waals surface area (Å²) in [6.45, 7) is -0.864. The number of rotatable bonds is 4. The Balaban J connectivity index is 2.39. The summed E-state index contributed by atoms with van der Waals surface area (Å²) in [4.78, 5) is 21.5. The van der Waals surface area contributed by atoms with Crippen molar-refractivity contribution in [1.29, 1.82) is 0 Å². The molecule has 1 amide bonds. The predicted molar refractivity (Wildman–Crippen MR) is 80.1 cm³/mol. The van der Waals surface area contributed by atoms with Crippen LogP contribution in [0.15, 0.2) is 23.1 Å². The van der Waals surface area contributed by atoms with Gasteiger partial charge in [0.25, 0.3) is 0 Å². The van der Waals surface area contributed by atoms with E-state index in [4.69, 9.17) is 5.11 Å². The minimum Gasteiger partial charge on any atom is -0.481 e. The maximum absolute atomic E-state index is 13.6. The van der Waals surface area contributed by atoms with Gasteiger partial charge in [-0.2, -0.15) is 17.5 Å². The Labute approximate surface area is 145 Å². The van der Waals surface area contributed by atoms with Gasteiger partial charge in [-0.1, -0.05) is 0 Å². The summed E-state index contributed by atoms with van der Waals surface area (Å²) in [6.07, 6.45) is -4.89. The van der Waals surface area contributed by atoms with E-state index in [9.17, 15) is 35.6 Å². The SMILES string of the molecule is CC(=O)Nc1cc(S(=O)(=O)N2C[C@@H](C(F)(F)F)[C@H](C(=O)O)C2)ccc1F. The average Bonchev–Trinajstić information content (AvgIpc) is 2.95. The van der Waals surface area contributed by atoms with Gasteiger partial charge in [0.1, 0.15) is 5.82 Å². The van der Waals surface area contributed by atoms with Crippen molar-refractivity contribution >= 4 is 27.6 Å². The maximum Gasteiger partial charge on any atom is 0.393 e. The van der Waals surface area contributed by atoms with Gasteiger partial charge in [0, 0.05) is 20.0 Å². The normalized spacial score (nSPS) is 21.6. The van der Waals surface area contributed by atoms with Crippen LogP contribution in [0.25, 0.3) is 0 Å². The van der Waals surface area contributed by atoms with Crippen LogP contribution < -0.4 is 5.32 Å². The number of hydrogen-bond donors (Lipinski definition) is 2. The fraction of sp³-hybridized carbons (Fsp3) is 0.429. The summed E-state index contributed by atoms with van der Waals surface area (Å²) in [5.74, 6) is -7.67. The number of aliphatic carboxylic acids is 1. The van der Waals surface area contributed by atoms with Crippen molar-refractivity contribution in [2.24, 2.45) is 11.8 Å². The number of alkyl halides is 3. The number of halogens is 4. The zero-order valence-corrected chi connectivity index (χ0v) is 14.1. The number of benzene rings is 1. The molecule has 7 nitrogen and oxygen atoms in total. The number of amides is 1. The summed E-state index contributed by atoms with van der Waals surface area (Å²) in [7, 11) is -4.52. The van der Waals surface area contributed by atoms with E-state index < -0.39 is 69.4 Å². The lowest BCUT2D eigenvalue weighted by Crippen LogP contribution is -2.34. The number of carboxylic acids is 1. The van der Waals surface area contributed by atoms with E-state index in [2.05, 4.69) is 5.32 Å². The smallest absolute Gasteiger partial charge is 0.393 e. The van der Waals surface area contributed by atoms with Gasteiger partial charge in [-0.15, -0.1) is 0 Å². The molecule has 2 rings (SSSR count). The van der Waals surface area contributed by atoms with Gasteiger partial charge < -0.3 is 10.4 Å². The van der Waals surface area contributed by atoms with Crippen LogP contribution in [0.2, 0.25) is 0 Å². The third-order valence-electron chi connectivity index (χ3n) is 3.91. The summed E-state index contributed by atoms with van der Waals surface area (Å²) in [5.41, 5.74) is -0.458. The monoisotopic (exact) mass is 398 g/mol. The fourth-order valence-electron chi connectivity index (χ4n) is 2.65. The second-order valence-electron chi connectivity index (χ2n) is 5.74. The highest BCUT2D eigenvalue weighted by Gasteiger charge is 2.55. The zero-order chi connectivity index (χ0) is 19.9. The van der Waals surface area contributed by atoms with Crippen LogP contribution in [0.1, 0.15) is 6.92 Å². The number of carboxylic acid groups (broad SMARTS) is 1. The highest BCUT2D eigenvalue weighted by molar-refractivity contribution is 7.89. The Bertz CT molecular complexity index is 840. The molecule has 1 aromatic carbocycles. The highest BCUT2D eigenvalue weighted by Crippen LogP contribution is 2.39. The lowest BCUT2D eigenvalue weighted by Gasteiger charge is -2.18. The summed E-state index contributed by atoms with van der Waals surface area (Å²) < 4.78 is 78.2. The molecule has 26 heavy (non-hydrogen) atoms. The van der Waals surface area contributed by atoms with Gasteiger partial charge in [-0.05, 0) is 18.2 Å². The Morgan fingerprint density at radius 3 is 2.35 bits per heavy atom. The standard InChI is InChI=1S/C14H14F4N2O5S/c1-7(21)19-12-4-8(2-3-11(12)15)26(24,25)20-5-9(13(22)23)10(6-20)14(16,17)18/h2-4,9-10H,5-6H2,1H3,(H,19,21)(H,22,23)/t9-,10-/m1/s1. The number of sulfonamides is 1. The first-order valence-corrected chi connectivity index (χ1v) is 8.65. The predicted octanol–water partition coefficient (Wildman–Crippen LogP) is 1.67. The van der Waals surface area contributed by atoms with Crippen LogP contribution in [-0.4, -0.2) is 49.0 Å². The Kier molecular flexibility index (Phi) is 5.29. The molecule has 1 fully saturated rings. The molecule has 1 heterocycles. The number of nitrogens with one attached hydrogen (secondary N) is 1. The molecule has 0 saturated carbocycles. The Morgan fingerprint density at radius 1 is 1.27 bits per heavy atom. The molecular formula is C14H14F4N2O5S. The van der Waals surface area contributed by atoms with E-state index in [0.29, 0.717) is 4.31 Å². The number of nitrogens with zero attached hydrogens (tertiary/aromatic N) is 1. The number of anilines is 1. The van der Waals surface area contributed by atoms with Gasteiger partial charge in [-0.25, -0.2) is 12.8 Å². The first-order valence-electron chi connectivity index (χ1n) is 7.21. The first kappa shape index (κ1) is 20.1. The van der Waals surface area contributed by atoms with Crippen LogP contribution >= 0.6 is 0 Å². The van der Waals surface area contributed by atoms with Crippen LogP contribution in [0.5, 0.6) is 0 Å². The van der Waals surface area contributed by atoms with Gasteiger partial charge in [0.05, 0.1) is 22.4 Å². The minimum absolute atomic E-state index is 0.398. The molecule has 0 spiro atoms. The van der Waals surface area contributed by atoms with Gasteiger partial charge in [0.2, 0.25) is 15.9 Å². The van der Waals surface area contributed by atoms with Crippen molar-refractivity contribution in [2.75, 3.05) is 18.4 Å². The lowest BCUT2D eigenvalue weighted by atomic mass is 9.96. The van der Waals surface area contributed by atoms with E-state index in [1.807, 2.05) is 0 Å². The minimum atomic E-state index is -4.89. The largest absolute Gasteiger partial charge is 0.481 e. The third kappa shape index (κ3) is 3.96. The molecule has 0 aliphatic carbocycles. The van der Waals surface area contributed by atoms with Crippen LogP contribution in [0.3, 0.4) is 0 Å². The second kappa shape index (κ2) is 6.83. The van der Waals surface area contributed by atoms with Gasteiger partial charge >= 0.3 is 12.1 Å². The summed E-state index contributed by atoms with van der Waals surface area (Å²) >= 11 is 0. The third-order valence-corrected chi connectivity index (χ3v) is 5.74. The van der Waals surface area contributed by atoms with Crippen molar-refractivity contribution in [1.82, 2.24) is 4.31 Å². The molecule has 0 aromatic heterocycles. The van der Waals surface area contributed by atoms with E-state index in [0.717, 1.165) is 25.1 Å². The molecule has 1 aliphatic rings. The molecule has 0 bridgehead atoms. The quantitative estimate of drug-likeness (QED) is 0.751. The second-order valence-corrected chi connectivity index (χ2v) is 7.68. The lowest BCUT2D eigenvalue weighted by molar-refractivity contribution is -0.187. The topological polar surface area (TPSA) is 104 Å². The van der Waals surface area contributed by atoms with E-state index >= 15 is 0 Å². The molecule has 2 atom stereocenters. The first-order chi connectivity index (χ1) is 11.8. The molecule has 144 valence electrons. The Hall–Kier alpha value is -2.21. The van der Waals surface area contributed by atoms with Crippen LogP contribution in [0.4, 0.5) is 23.2 Å². The van der Waals surface area contributed by atoms with Crippen molar-refractivity contribution in [3.63, 3.8) is 0 Å². The van der Waals surface area contributed by atoms with Crippen molar-refractivity contribution < 1.29 is 40.7 Å². The Morgan fingerprint density at radius 2 is 1.88 bits per heavy atom. The summed E-state index contributed by atoms with van der Waals surface area (Å²) in [5, 5.41) is 11.0. The number of carbonyl (C=O) groups excluding carboxylic acids is 1. The van der Waals surface area contributed by atoms with Gasteiger partial charge in [0.15, 0.2) is 0 Å². The molecule has 2 N–H and O–H groups in total. The number of carbonyl (C=O) groups is 2. The molecule has 1 aromatic rings. The molecule has 1 aliphatic heterocycles. The molecule has 0 unspecified atom stereocenters. The molecule has 0 radical (unpaired) electrons.